The summed E-state index contributed by atoms with van der Waals surface area (Å²) in [6.07, 6.45) is 6.67. The summed E-state index contributed by atoms with van der Waals surface area (Å²) >= 11 is 0. The predicted octanol–water partition coefficient (Wildman–Crippen LogP) is 5.40. The van der Waals surface area contributed by atoms with Crippen LogP contribution in [0.15, 0.2) is 86.0 Å². The molecular weight excluding hydrogens is 417 g/mol. The van der Waals surface area contributed by atoms with Crippen molar-refractivity contribution < 1.29 is 9.13 Å². The molecule has 6 nitrogen and oxygen atoms in total. The molecule has 2 N–H and O–H groups in total. The summed E-state index contributed by atoms with van der Waals surface area (Å²) in [5.41, 5.74) is 1.48. The van der Waals surface area contributed by atoms with Gasteiger partial charge in [-0.2, -0.15) is 0 Å². The van der Waals surface area contributed by atoms with Gasteiger partial charge in [-0.15, -0.1) is 0 Å². The van der Waals surface area contributed by atoms with E-state index in [1.807, 2.05) is 18.2 Å². The number of benzene rings is 2. The Balaban J connectivity index is 1.52. The second kappa shape index (κ2) is 10.1. The summed E-state index contributed by atoms with van der Waals surface area (Å²) in [6.45, 7) is 9.51. The fraction of sp³-hybridized carbons (Fsp3) is 0.192. The van der Waals surface area contributed by atoms with Gasteiger partial charge in [0, 0.05) is 42.7 Å². The van der Waals surface area contributed by atoms with Crippen LogP contribution in [0, 0.1) is 11.2 Å². The molecule has 0 aliphatic carbocycles. The Bertz CT molecular complexity index is 1160. The van der Waals surface area contributed by atoms with Gasteiger partial charge in [0.1, 0.15) is 29.5 Å². The first-order valence-corrected chi connectivity index (χ1v) is 10.8. The van der Waals surface area contributed by atoms with Crippen molar-refractivity contribution in [2.75, 3.05) is 18.4 Å². The molecule has 168 valence electrons. The number of nitrogens with zero attached hydrogens (tertiary/aromatic N) is 3. The zero-order valence-electron chi connectivity index (χ0n) is 18.3. The van der Waals surface area contributed by atoms with E-state index in [0.29, 0.717) is 22.9 Å². The van der Waals surface area contributed by atoms with Crippen molar-refractivity contribution in [2.24, 2.45) is 0 Å². The minimum absolute atomic E-state index is 0.00466. The lowest BCUT2D eigenvalue weighted by atomic mass is 10.0. The van der Waals surface area contributed by atoms with E-state index in [1.54, 1.807) is 30.3 Å². The van der Waals surface area contributed by atoms with Gasteiger partial charge in [-0.05, 0) is 43.2 Å². The molecule has 1 fully saturated rings. The van der Waals surface area contributed by atoms with E-state index in [4.69, 9.17) is 10.1 Å². The number of para-hydroxylation sites is 1. The van der Waals surface area contributed by atoms with E-state index < -0.39 is 5.82 Å². The SMILES string of the molecule is C=CC(=C)N1CCCC(Nc2ncncc2C(=N)c2ccc(Oc3ccccc3)cc2F)C1. The summed E-state index contributed by atoms with van der Waals surface area (Å²) in [4.78, 5) is 10.6. The standard InChI is InChI=1S/C26H26FN5O/c1-3-18(2)32-13-7-8-19(16-32)31-26-23(15-29-17-30-26)25(28)22-12-11-21(14-24(22)27)33-20-9-5-4-6-10-20/h3-6,9-12,14-15,17,19,28H,1-2,7-8,13,16H2,(H,29,30,31). The van der Waals surface area contributed by atoms with Crippen LogP contribution in [0.5, 0.6) is 11.5 Å². The Morgan fingerprint density at radius 1 is 1.18 bits per heavy atom. The summed E-state index contributed by atoms with van der Waals surface area (Å²) in [7, 11) is 0. The zero-order valence-corrected chi connectivity index (χ0v) is 18.3. The van der Waals surface area contributed by atoms with Crippen molar-refractivity contribution in [2.45, 2.75) is 18.9 Å². The number of aromatic nitrogens is 2. The second-order valence-electron chi connectivity index (χ2n) is 7.84. The molecule has 1 saturated heterocycles. The van der Waals surface area contributed by atoms with Gasteiger partial charge >= 0.3 is 0 Å². The number of halogens is 1. The van der Waals surface area contributed by atoms with Gasteiger partial charge < -0.3 is 15.0 Å². The number of rotatable bonds is 8. The maximum absolute atomic E-state index is 15.0. The predicted molar refractivity (Wildman–Crippen MR) is 128 cm³/mol. The van der Waals surface area contributed by atoms with E-state index >= 15 is 0 Å². The van der Waals surface area contributed by atoms with Gasteiger partial charge in [-0.3, -0.25) is 5.41 Å². The monoisotopic (exact) mass is 443 g/mol. The Labute approximate surface area is 193 Å². The van der Waals surface area contributed by atoms with Gasteiger partial charge in [0.25, 0.3) is 0 Å². The molecule has 0 amide bonds. The minimum atomic E-state index is -0.547. The average Bonchev–Trinajstić information content (AvgIpc) is 2.84. The molecule has 33 heavy (non-hydrogen) atoms. The van der Waals surface area contributed by atoms with Gasteiger partial charge in [-0.1, -0.05) is 31.4 Å². The van der Waals surface area contributed by atoms with Crippen molar-refractivity contribution in [1.29, 1.82) is 5.41 Å². The fourth-order valence-electron chi connectivity index (χ4n) is 3.84. The van der Waals surface area contributed by atoms with Crippen LogP contribution in [-0.4, -0.2) is 39.7 Å². The van der Waals surface area contributed by atoms with Gasteiger partial charge in [0.15, 0.2) is 0 Å². The highest BCUT2D eigenvalue weighted by Gasteiger charge is 2.23. The Hall–Kier alpha value is -4.00. The third-order valence-electron chi connectivity index (χ3n) is 5.57. The van der Waals surface area contributed by atoms with Crippen LogP contribution >= 0.6 is 0 Å². The topological polar surface area (TPSA) is 74.1 Å². The molecule has 1 unspecified atom stereocenters. The summed E-state index contributed by atoms with van der Waals surface area (Å²) < 4.78 is 20.6. The maximum Gasteiger partial charge on any atom is 0.139 e. The van der Waals surface area contributed by atoms with E-state index in [-0.39, 0.29) is 17.3 Å². The number of ether oxygens (including phenoxy) is 1. The lowest BCUT2D eigenvalue weighted by Gasteiger charge is -2.35. The Morgan fingerprint density at radius 2 is 2.00 bits per heavy atom. The molecule has 0 spiro atoms. The summed E-state index contributed by atoms with van der Waals surface area (Å²) in [5.74, 6) is 0.940. The minimum Gasteiger partial charge on any atom is -0.457 e. The lowest BCUT2D eigenvalue weighted by Crippen LogP contribution is -2.41. The highest BCUT2D eigenvalue weighted by Crippen LogP contribution is 2.26. The lowest BCUT2D eigenvalue weighted by molar-refractivity contribution is 0.277. The first kappa shape index (κ1) is 22.2. The highest BCUT2D eigenvalue weighted by molar-refractivity contribution is 6.13. The van der Waals surface area contributed by atoms with E-state index in [0.717, 1.165) is 31.6 Å². The first-order chi connectivity index (χ1) is 16.0. The van der Waals surface area contributed by atoms with Crippen LogP contribution < -0.4 is 10.1 Å². The quantitative estimate of drug-likeness (QED) is 0.360. The third kappa shape index (κ3) is 5.26. The molecule has 3 aromatic rings. The maximum atomic E-state index is 15.0. The number of anilines is 1. The first-order valence-electron chi connectivity index (χ1n) is 10.8. The van der Waals surface area contributed by atoms with Crippen molar-refractivity contribution in [3.63, 3.8) is 0 Å². The number of nitrogens with one attached hydrogen (secondary N) is 2. The molecule has 2 aromatic carbocycles. The largest absolute Gasteiger partial charge is 0.457 e. The molecule has 4 rings (SSSR count). The third-order valence-corrected chi connectivity index (χ3v) is 5.57. The van der Waals surface area contributed by atoms with E-state index in [9.17, 15) is 4.39 Å². The molecule has 0 saturated carbocycles. The normalized spacial score (nSPS) is 15.5. The van der Waals surface area contributed by atoms with Gasteiger partial charge in [0.2, 0.25) is 0 Å². The molecule has 7 heteroatoms. The number of hydrogen-bond donors (Lipinski definition) is 2. The van der Waals surface area contributed by atoms with E-state index in [2.05, 4.69) is 33.3 Å². The Morgan fingerprint density at radius 3 is 2.76 bits per heavy atom. The van der Waals surface area contributed by atoms with Crippen molar-refractivity contribution >= 4 is 11.5 Å². The average molecular weight is 444 g/mol. The number of likely N-dealkylation sites (tertiary alicyclic amines) is 1. The second-order valence-corrected chi connectivity index (χ2v) is 7.84. The Kier molecular flexibility index (Phi) is 6.78. The molecular formula is C26H26FN5O. The van der Waals surface area contributed by atoms with Gasteiger partial charge in [-0.25, -0.2) is 14.4 Å². The van der Waals surface area contributed by atoms with Crippen LogP contribution in [0.4, 0.5) is 10.2 Å². The van der Waals surface area contributed by atoms with E-state index in [1.165, 1.54) is 18.6 Å². The van der Waals surface area contributed by atoms with Gasteiger partial charge in [0.05, 0.1) is 11.3 Å². The summed E-state index contributed by atoms with van der Waals surface area (Å²) in [5, 5.41) is 12.1. The number of hydrogen-bond acceptors (Lipinski definition) is 6. The van der Waals surface area contributed by atoms with Crippen LogP contribution in [0.2, 0.25) is 0 Å². The number of piperidine rings is 1. The molecule has 1 atom stereocenters. The van der Waals surface area contributed by atoms with Crippen LogP contribution in [-0.2, 0) is 0 Å². The molecule has 1 aromatic heterocycles. The number of allylic oxidation sites excluding steroid dienone is 1. The van der Waals surface area contributed by atoms with Crippen molar-refractivity contribution in [3.05, 3.63) is 103 Å². The van der Waals surface area contributed by atoms with Crippen LogP contribution in [0.3, 0.4) is 0 Å². The smallest absolute Gasteiger partial charge is 0.139 e. The fourth-order valence-corrected chi connectivity index (χ4v) is 3.84. The molecule has 1 aliphatic heterocycles. The highest BCUT2D eigenvalue weighted by atomic mass is 19.1. The summed E-state index contributed by atoms with van der Waals surface area (Å²) in [6, 6.07) is 13.8. The van der Waals surface area contributed by atoms with Crippen molar-refractivity contribution in [1.82, 2.24) is 14.9 Å². The molecule has 0 bridgehead atoms. The zero-order chi connectivity index (χ0) is 23.2. The van der Waals surface area contributed by atoms with Crippen LogP contribution in [0.25, 0.3) is 0 Å². The van der Waals surface area contributed by atoms with Crippen LogP contribution in [0.1, 0.15) is 24.0 Å². The molecule has 0 radical (unpaired) electrons. The molecule has 2 heterocycles. The molecule has 1 aliphatic rings. The van der Waals surface area contributed by atoms with Crippen molar-refractivity contribution in [3.8, 4) is 11.5 Å².